The first-order valence-electron chi connectivity index (χ1n) is 9.85. The molecule has 154 valence electrons. The molecule has 0 unspecified atom stereocenters. The normalized spacial score (nSPS) is 10.9. The van der Waals surface area contributed by atoms with Gasteiger partial charge in [0.2, 0.25) is 0 Å². The Hall–Kier alpha value is -3.63. The number of fused-ring (bicyclic) bond motifs is 2. The Morgan fingerprint density at radius 1 is 1.16 bits per heavy atom. The molecule has 0 aliphatic rings. The van der Waals surface area contributed by atoms with Crippen LogP contribution in [0, 0.1) is 11.3 Å². The molecule has 4 aromatic rings. The Bertz CT molecular complexity index is 1390. The molecule has 31 heavy (non-hydrogen) atoms. The summed E-state index contributed by atoms with van der Waals surface area (Å²) >= 11 is 1.25. The maximum Gasteiger partial charge on any atom is 0.262 e. The van der Waals surface area contributed by atoms with Crippen molar-refractivity contribution in [1.29, 1.82) is 5.26 Å². The third-order valence-electron chi connectivity index (χ3n) is 5.02. The molecule has 2 aromatic heterocycles. The predicted molar refractivity (Wildman–Crippen MR) is 123 cm³/mol. The number of Topliss-reactive ketones (excluding diaryl/α,β-unsaturated/α-hetero) is 1. The summed E-state index contributed by atoms with van der Waals surface area (Å²) in [5, 5.41) is 10.8. The van der Waals surface area contributed by atoms with Crippen molar-refractivity contribution in [2.24, 2.45) is 0 Å². The van der Waals surface area contributed by atoms with Crippen molar-refractivity contribution in [3.05, 3.63) is 83.3 Å². The second-order valence-electron chi connectivity index (χ2n) is 6.99. The van der Waals surface area contributed by atoms with Crippen molar-refractivity contribution in [2.75, 3.05) is 5.75 Å². The van der Waals surface area contributed by atoms with E-state index in [0.29, 0.717) is 41.1 Å². The molecule has 0 atom stereocenters. The third-order valence-corrected chi connectivity index (χ3v) is 6.00. The first kappa shape index (κ1) is 20.6. The minimum absolute atomic E-state index is 0.0514. The molecular formula is C24H20N4O2S. The van der Waals surface area contributed by atoms with Gasteiger partial charge >= 0.3 is 0 Å². The summed E-state index contributed by atoms with van der Waals surface area (Å²) < 4.78 is 3.49. The summed E-state index contributed by atoms with van der Waals surface area (Å²) in [6.45, 7) is 4.58. The lowest BCUT2D eigenvalue weighted by molar-refractivity contribution is 0.102. The highest BCUT2D eigenvalue weighted by molar-refractivity contribution is 7.99. The number of para-hydroxylation sites is 2. The van der Waals surface area contributed by atoms with Gasteiger partial charge in [-0.15, -0.1) is 6.58 Å². The van der Waals surface area contributed by atoms with Crippen LogP contribution in [-0.2, 0) is 13.1 Å². The molecule has 6 nitrogen and oxygen atoms in total. The lowest BCUT2D eigenvalue weighted by atomic mass is 10.1. The third kappa shape index (κ3) is 4.03. The van der Waals surface area contributed by atoms with Gasteiger partial charge in [0, 0.05) is 35.8 Å². The smallest absolute Gasteiger partial charge is 0.262 e. The number of hydrogen-bond donors (Lipinski definition) is 0. The zero-order valence-corrected chi connectivity index (χ0v) is 17.6. The molecule has 0 aliphatic heterocycles. The van der Waals surface area contributed by atoms with Crippen LogP contribution in [0.15, 0.2) is 77.3 Å². The van der Waals surface area contributed by atoms with Crippen LogP contribution in [0.1, 0.15) is 16.8 Å². The van der Waals surface area contributed by atoms with Crippen molar-refractivity contribution in [1.82, 2.24) is 14.1 Å². The summed E-state index contributed by atoms with van der Waals surface area (Å²) in [5.74, 6) is 0.0956. The number of carbonyl (C=O) groups excluding carboxylic acids is 1. The Morgan fingerprint density at radius 2 is 1.90 bits per heavy atom. The maximum absolute atomic E-state index is 13.1. The molecule has 0 saturated heterocycles. The zero-order valence-electron chi connectivity index (χ0n) is 16.8. The lowest BCUT2D eigenvalue weighted by Crippen LogP contribution is -2.23. The summed E-state index contributed by atoms with van der Waals surface area (Å²) in [6.07, 6.45) is 3.83. The second kappa shape index (κ2) is 9.02. The average molecular weight is 429 g/mol. The van der Waals surface area contributed by atoms with Crippen LogP contribution in [0.4, 0.5) is 0 Å². The molecule has 2 heterocycles. The molecule has 4 rings (SSSR count). The van der Waals surface area contributed by atoms with Gasteiger partial charge in [-0.2, -0.15) is 5.26 Å². The fraction of sp³-hybridized carbons (Fsp3) is 0.167. The van der Waals surface area contributed by atoms with Gasteiger partial charge in [-0.3, -0.25) is 14.2 Å². The number of nitriles is 1. The number of allylic oxidation sites excluding steroid dienone is 1. The molecule has 0 aliphatic carbocycles. The number of nitrogens with zero attached hydrogens (tertiary/aromatic N) is 4. The molecule has 0 amide bonds. The summed E-state index contributed by atoms with van der Waals surface area (Å²) in [4.78, 5) is 30.6. The van der Waals surface area contributed by atoms with E-state index in [-0.39, 0.29) is 17.1 Å². The number of aromatic nitrogens is 3. The van der Waals surface area contributed by atoms with Crippen LogP contribution >= 0.6 is 11.8 Å². The zero-order chi connectivity index (χ0) is 21.8. The molecular weight excluding hydrogens is 408 g/mol. The maximum atomic E-state index is 13.1. The van der Waals surface area contributed by atoms with E-state index in [1.165, 1.54) is 11.8 Å². The predicted octanol–water partition coefficient (Wildman–Crippen LogP) is 4.43. The fourth-order valence-corrected chi connectivity index (χ4v) is 4.47. The van der Waals surface area contributed by atoms with Crippen molar-refractivity contribution in [3.63, 3.8) is 0 Å². The van der Waals surface area contributed by atoms with E-state index in [1.54, 1.807) is 22.8 Å². The van der Waals surface area contributed by atoms with Gasteiger partial charge in [-0.05, 0) is 18.2 Å². The van der Waals surface area contributed by atoms with Crippen molar-refractivity contribution < 1.29 is 4.79 Å². The topological polar surface area (TPSA) is 80.7 Å². The van der Waals surface area contributed by atoms with E-state index in [1.807, 2.05) is 47.2 Å². The number of ketones is 1. The van der Waals surface area contributed by atoms with E-state index in [4.69, 9.17) is 5.26 Å². The van der Waals surface area contributed by atoms with E-state index in [2.05, 4.69) is 17.6 Å². The van der Waals surface area contributed by atoms with Crippen LogP contribution in [0.5, 0.6) is 0 Å². The number of rotatable bonds is 8. The molecule has 0 bridgehead atoms. The van der Waals surface area contributed by atoms with Gasteiger partial charge in [0.05, 0.1) is 29.1 Å². The molecule has 0 fully saturated rings. The standard InChI is InChI=1S/C24H20N4O2S/c1-2-13-28-23(30)18-9-3-5-10-20(18)26-24(28)31-16-22(29)19-15-27(14-7-12-25)21-11-6-4-8-17(19)21/h2-6,8-11,15H,1,7,13-14,16H2. The number of aryl methyl sites for hydroxylation is 1. The van der Waals surface area contributed by atoms with E-state index in [9.17, 15) is 9.59 Å². The van der Waals surface area contributed by atoms with Gasteiger partial charge in [0.1, 0.15) is 0 Å². The summed E-state index contributed by atoms with van der Waals surface area (Å²) in [5.41, 5.74) is 2.00. The second-order valence-corrected chi connectivity index (χ2v) is 7.93. The molecule has 2 aromatic carbocycles. The quantitative estimate of drug-likeness (QED) is 0.180. The van der Waals surface area contributed by atoms with Crippen LogP contribution < -0.4 is 5.56 Å². The van der Waals surface area contributed by atoms with Crippen molar-refractivity contribution in [3.8, 4) is 6.07 Å². The van der Waals surface area contributed by atoms with Crippen LogP contribution in [0.3, 0.4) is 0 Å². The minimum atomic E-state index is -0.145. The van der Waals surface area contributed by atoms with Gasteiger partial charge in [0.25, 0.3) is 5.56 Å². The number of carbonyl (C=O) groups is 1. The molecule has 0 radical (unpaired) electrons. The van der Waals surface area contributed by atoms with Crippen molar-refractivity contribution >= 4 is 39.4 Å². The van der Waals surface area contributed by atoms with E-state index < -0.39 is 0 Å². The monoisotopic (exact) mass is 428 g/mol. The van der Waals surface area contributed by atoms with Crippen LogP contribution in [0.2, 0.25) is 0 Å². The minimum Gasteiger partial charge on any atom is -0.346 e. The number of hydrogen-bond acceptors (Lipinski definition) is 5. The number of thioether (sulfide) groups is 1. The Morgan fingerprint density at radius 3 is 2.68 bits per heavy atom. The SMILES string of the molecule is C=CCn1c(SCC(=O)c2cn(CCC#N)c3ccccc23)nc2ccccc2c1=O. The van der Waals surface area contributed by atoms with Crippen LogP contribution in [-0.4, -0.2) is 25.7 Å². The lowest BCUT2D eigenvalue weighted by Gasteiger charge is -2.11. The first-order chi connectivity index (χ1) is 15.1. The highest BCUT2D eigenvalue weighted by Gasteiger charge is 2.17. The fourth-order valence-electron chi connectivity index (χ4n) is 3.58. The highest BCUT2D eigenvalue weighted by atomic mass is 32.2. The summed E-state index contributed by atoms with van der Waals surface area (Å²) in [7, 11) is 0. The largest absolute Gasteiger partial charge is 0.346 e. The molecule has 0 N–H and O–H groups in total. The van der Waals surface area contributed by atoms with Crippen molar-refractivity contribution in [2.45, 2.75) is 24.7 Å². The van der Waals surface area contributed by atoms with Gasteiger partial charge in [-0.1, -0.05) is 48.2 Å². The first-order valence-corrected chi connectivity index (χ1v) is 10.8. The highest BCUT2D eigenvalue weighted by Crippen LogP contribution is 2.25. The van der Waals surface area contributed by atoms with Gasteiger partial charge < -0.3 is 4.57 Å². The Balaban J connectivity index is 1.66. The van der Waals surface area contributed by atoms with Gasteiger partial charge in [0.15, 0.2) is 10.9 Å². The van der Waals surface area contributed by atoms with E-state index >= 15 is 0 Å². The van der Waals surface area contributed by atoms with Gasteiger partial charge in [-0.25, -0.2) is 4.98 Å². The Labute approximate surface area is 183 Å². The average Bonchev–Trinajstić information content (AvgIpc) is 3.17. The molecule has 0 spiro atoms. The van der Waals surface area contributed by atoms with E-state index in [0.717, 1.165) is 10.9 Å². The Kier molecular flexibility index (Phi) is 6.01. The molecule has 7 heteroatoms. The summed E-state index contributed by atoms with van der Waals surface area (Å²) in [6, 6.07) is 17.0. The number of benzene rings is 2. The van der Waals surface area contributed by atoms with Crippen LogP contribution in [0.25, 0.3) is 21.8 Å². The molecule has 0 saturated carbocycles.